The minimum Gasteiger partial charge on any atom is -0.347 e. The van der Waals surface area contributed by atoms with Crippen molar-refractivity contribution in [3.05, 3.63) is 35.9 Å². The van der Waals surface area contributed by atoms with E-state index in [1.54, 1.807) is 0 Å². The van der Waals surface area contributed by atoms with Crippen LogP contribution in [0.2, 0.25) is 0 Å². The van der Waals surface area contributed by atoms with Crippen LogP contribution in [0.3, 0.4) is 0 Å². The fraction of sp³-hybridized carbons (Fsp3) is 0.500. The molecule has 1 unspecified atom stereocenters. The molecule has 1 atom stereocenters. The third-order valence-electron chi connectivity index (χ3n) is 3.58. The smallest absolute Gasteiger partial charge is 0.175 e. The largest absolute Gasteiger partial charge is 0.347 e. The van der Waals surface area contributed by atoms with Gasteiger partial charge >= 0.3 is 0 Å². The van der Waals surface area contributed by atoms with Gasteiger partial charge in [0.15, 0.2) is 5.79 Å². The third kappa shape index (κ3) is 2.13. The second-order valence-corrected chi connectivity index (χ2v) is 4.84. The van der Waals surface area contributed by atoms with Crippen LogP contribution < -0.4 is 0 Å². The number of carbonyl (C=O) groups excluding carboxylic acids is 1. The molecule has 0 N–H and O–H groups in total. The first-order chi connectivity index (χ1) is 8.27. The van der Waals surface area contributed by atoms with E-state index < -0.39 is 5.79 Å². The fourth-order valence-electron chi connectivity index (χ4n) is 2.84. The van der Waals surface area contributed by atoms with Crippen LogP contribution in [-0.4, -0.2) is 24.8 Å². The van der Waals surface area contributed by atoms with Gasteiger partial charge < -0.3 is 9.47 Å². The average molecular weight is 232 g/mol. The van der Waals surface area contributed by atoms with Crippen molar-refractivity contribution in [1.82, 2.24) is 0 Å². The lowest BCUT2D eigenvalue weighted by Gasteiger charge is -2.35. The van der Waals surface area contributed by atoms with Gasteiger partial charge in [0.05, 0.1) is 19.6 Å². The summed E-state index contributed by atoms with van der Waals surface area (Å²) < 4.78 is 11.3. The number of Topliss-reactive ketones (excluding diaryl/α,β-unsaturated/α-hetero) is 1. The van der Waals surface area contributed by atoms with Crippen molar-refractivity contribution in [2.24, 2.45) is 0 Å². The Bertz CT molecular complexity index is 407. The molecule has 1 aliphatic carbocycles. The zero-order valence-electron chi connectivity index (χ0n) is 9.72. The lowest BCUT2D eigenvalue weighted by atomic mass is 9.80. The van der Waals surface area contributed by atoms with Crippen LogP contribution in [0.1, 0.15) is 30.7 Å². The number of ketones is 1. The molecule has 0 amide bonds. The molecule has 0 aromatic heterocycles. The molecule has 3 rings (SSSR count). The standard InChI is InChI=1S/C14H16O3/c15-13-8-12(11-4-2-1-3-5-11)9-14(10-13)16-6-7-17-14/h1-5,12H,6-10H2. The summed E-state index contributed by atoms with van der Waals surface area (Å²) in [6.45, 7) is 1.21. The highest BCUT2D eigenvalue weighted by atomic mass is 16.7. The molecule has 1 saturated heterocycles. The molecule has 2 aliphatic rings. The molecule has 3 heteroatoms. The van der Waals surface area contributed by atoms with Crippen molar-refractivity contribution in [3.8, 4) is 0 Å². The highest BCUT2D eigenvalue weighted by Gasteiger charge is 2.45. The van der Waals surface area contributed by atoms with Crippen LogP contribution >= 0.6 is 0 Å². The topological polar surface area (TPSA) is 35.5 Å². The molecule has 3 nitrogen and oxygen atoms in total. The summed E-state index contributed by atoms with van der Waals surface area (Å²) in [5.74, 6) is -0.155. The Morgan fingerprint density at radius 1 is 1.12 bits per heavy atom. The molecule has 0 radical (unpaired) electrons. The maximum absolute atomic E-state index is 11.8. The quantitative estimate of drug-likeness (QED) is 0.745. The molecular weight excluding hydrogens is 216 g/mol. The molecule has 1 heterocycles. The number of benzene rings is 1. The summed E-state index contributed by atoms with van der Waals surface area (Å²) >= 11 is 0. The molecule has 1 aromatic carbocycles. The Labute approximate surface area is 101 Å². The fourth-order valence-corrected chi connectivity index (χ4v) is 2.84. The molecule has 1 aromatic rings. The SMILES string of the molecule is O=C1CC(c2ccccc2)CC2(C1)OCCO2. The van der Waals surface area contributed by atoms with Crippen LogP contribution in [-0.2, 0) is 14.3 Å². The minimum atomic E-state index is -0.629. The van der Waals surface area contributed by atoms with Crippen LogP contribution in [0.5, 0.6) is 0 Å². The third-order valence-corrected chi connectivity index (χ3v) is 3.58. The first-order valence-electron chi connectivity index (χ1n) is 6.12. The Kier molecular flexibility index (Phi) is 2.73. The normalized spacial score (nSPS) is 27.5. The zero-order valence-corrected chi connectivity index (χ0v) is 9.72. The van der Waals surface area contributed by atoms with E-state index in [1.807, 2.05) is 18.2 Å². The second-order valence-electron chi connectivity index (χ2n) is 4.84. The predicted octanol–water partition coefficient (Wildman–Crippen LogP) is 2.27. The van der Waals surface area contributed by atoms with Crippen molar-refractivity contribution in [3.63, 3.8) is 0 Å². The van der Waals surface area contributed by atoms with Gasteiger partial charge in [0.25, 0.3) is 0 Å². The van der Waals surface area contributed by atoms with E-state index in [1.165, 1.54) is 5.56 Å². The van der Waals surface area contributed by atoms with Crippen LogP contribution in [0.25, 0.3) is 0 Å². The number of hydrogen-bond donors (Lipinski definition) is 0. The van der Waals surface area contributed by atoms with E-state index in [-0.39, 0.29) is 11.7 Å². The van der Waals surface area contributed by atoms with Crippen molar-refractivity contribution in [2.75, 3.05) is 13.2 Å². The maximum atomic E-state index is 11.8. The molecule has 1 saturated carbocycles. The summed E-state index contributed by atoms with van der Waals surface area (Å²) in [5.41, 5.74) is 1.21. The van der Waals surface area contributed by atoms with Gasteiger partial charge in [-0.25, -0.2) is 0 Å². The van der Waals surface area contributed by atoms with Crippen molar-refractivity contribution in [1.29, 1.82) is 0 Å². The number of carbonyl (C=O) groups is 1. The van der Waals surface area contributed by atoms with Crippen LogP contribution in [0, 0.1) is 0 Å². The summed E-state index contributed by atoms with van der Waals surface area (Å²) in [4.78, 5) is 11.8. The summed E-state index contributed by atoms with van der Waals surface area (Å²) in [5, 5.41) is 0. The van der Waals surface area contributed by atoms with Gasteiger partial charge in [0.2, 0.25) is 0 Å². The summed E-state index contributed by atoms with van der Waals surface area (Å²) in [6, 6.07) is 10.2. The van der Waals surface area contributed by atoms with Crippen LogP contribution in [0.4, 0.5) is 0 Å². The molecule has 17 heavy (non-hydrogen) atoms. The van der Waals surface area contributed by atoms with Gasteiger partial charge in [0.1, 0.15) is 5.78 Å². The predicted molar refractivity (Wildman–Crippen MR) is 62.7 cm³/mol. The first-order valence-corrected chi connectivity index (χ1v) is 6.12. The van der Waals surface area contributed by atoms with Gasteiger partial charge in [-0.1, -0.05) is 30.3 Å². The highest BCUT2D eigenvalue weighted by molar-refractivity contribution is 5.81. The molecular formula is C14H16O3. The van der Waals surface area contributed by atoms with Crippen molar-refractivity contribution in [2.45, 2.75) is 31.0 Å². The Morgan fingerprint density at radius 3 is 2.53 bits per heavy atom. The molecule has 1 spiro atoms. The van der Waals surface area contributed by atoms with Gasteiger partial charge in [-0.3, -0.25) is 4.79 Å². The summed E-state index contributed by atoms with van der Waals surface area (Å²) in [7, 11) is 0. The van der Waals surface area contributed by atoms with E-state index in [0.717, 1.165) is 6.42 Å². The van der Waals surface area contributed by atoms with Crippen LogP contribution in [0.15, 0.2) is 30.3 Å². The maximum Gasteiger partial charge on any atom is 0.175 e. The van der Waals surface area contributed by atoms with Gasteiger partial charge in [0, 0.05) is 12.8 Å². The molecule has 1 aliphatic heterocycles. The van der Waals surface area contributed by atoms with E-state index >= 15 is 0 Å². The zero-order chi connectivity index (χ0) is 11.7. The average Bonchev–Trinajstić information content (AvgIpc) is 2.77. The minimum absolute atomic E-state index is 0.232. The van der Waals surface area contributed by atoms with Crippen molar-refractivity contribution >= 4 is 5.78 Å². The lowest BCUT2D eigenvalue weighted by molar-refractivity contribution is -0.183. The number of ether oxygens (including phenoxy) is 2. The molecule has 2 fully saturated rings. The van der Waals surface area contributed by atoms with Crippen molar-refractivity contribution < 1.29 is 14.3 Å². The summed E-state index contributed by atoms with van der Waals surface area (Å²) in [6.07, 6.45) is 1.82. The Morgan fingerprint density at radius 2 is 1.82 bits per heavy atom. The molecule has 0 bridgehead atoms. The van der Waals surface area contributed by atoms with Gasteiger partial charge in [-0.15, -0.1) is 0 Å². The Balaban J connectivity index is 1.84. The monoisotopic (exact) mass is 232 g/mol. The van der Waals surface area contributed by atoms with E-state index in [4.69, 9.17) is 9.47 Å². The van der Waals surface area contributed by atoms with Gasteiger partial charge in [-0.05, 0) is 11.5 Å². The Hall–Kier alpha value is -1.19. The number of rotatable bonds is 1. The highest BCUT2D eigenvalue weighted by Crippen LogP contribution is 2.41. The van der Waals surface area contributed by atoms with Gasteiger partial charge in [-0.2, -0.15) is 0 Å². The lowest BCUT2D eigenvalue weighted by Crippen LogP contribution is -2.39. The molecule has 90 valence electrons. The second kappa shape index (κ2) is 4.24. The van der Waals surface area contributed by atoms with E-state index in [9.17, 15) is 4.79 Å². The van der Waals surface area contributed by atoms with E-state index in [2.05, 4.69) is 12.1 Å². The van der Waals surface area contributed by atoms with E-state index in [0.29, 0.717) is 26.1 Å². The number of hydrogen-bond acceptors (Lipinski definition) is 3. The first kappa shape index (κ1) is 10.9.